The molecule has 3 aliphatic heterocycles. The summed E-state index contributed by atoms with van der Waals surface area (Å²) in [6.45, 7) is 4.22. The van der Waals surface area contributed by atoms with Crippen molar-refractivity contribution in [3.05, 3.63) is 100.0 Å². The lowest BCUT2D eigenvalue weighted by molar-refractivity contribution is -0.141. The molecule has 5 aromatic rings. The number of pyridine rings is 1. The average molecular weight is 771 g/mol. The lowest BCUT2D eigenvalue weighted by atomic mass is 9.71. The Balaban J connectivity index is 0.891. The normalized spacial score (nSPS) is 18.6. The Labute approximate surface area is 316 Å². The number of primary amides is 1. The fraction of sp³-hybridized carbons (Fsp3) is 0.342. The second-order valence-electron chi connectivity index (χ2n) is 14.7. The molecule has 4 amide bonds. The SMILES string of the molecule is Cn1c(=O)n(C2CCC(=O)NC2=O)c2cccc(N3CCC4(CC3)CN(Cc3ccc(-n5cc(NC(=O)c6cccc(C(F)(F)F)n6)c(C(N)=O)n5)cc3)C4)c21. The summed E-state index contributed by atoms with van der Waals surface area (Å²) in [6, 6.07) is 15.5. The van der Waals surface area contributed by atoms with E-state index in [4.69, 9.17) is 5.73 Å². The van der Waals surface area contributed by atoms with Crippen molar-refractivity contribution in [1.29, 1.82) is 0 Å². The molecule has 1 atom stereocenters. The van der Waals surface area contributed by atoms with Gasteiger partial charge in [-0.05, 0) is 66.6 Å². The number of benzene rings is 2. The number of piperidine rings is 2. The molecule has 1 spiro atoms. The van der Waals surface area contributed by atoms with Crippen molar-refractivity contribution < 1.29 is 32.3 Å². The summed E-state index contributed by atoms with van der Waals surface area (Å²) < 4.78 is 43.8. The van der Waals surface area contributed by atoms with Crippen LogP contribution in [0.1, 0.15) is 64.0 Å². The lowest BCUT2D eigenvalue weighted by Gasteiger charge is -2.54. The van der Waals surface area contributed by atoms with Gasteiger partial charge in [0.2, 0.25) is 11.8 Å². The van der Waals surface area contributed by atoms with Crippen LogP contribution in [0.4, 0.5) is 24.5 Å². The number of hydrogen-bond donors (Lipinski definition) is 3. The van der Waals surface area contributed by atoms with Gasteiger partial charge in [-0.25, -0.2) is 14.5 Å². The Morgan fingerprint density at radius 3 is 2.39 bits per heavy atom. The number of nitrogens with two attached hydrogens (primary N) is 1. The molecule has 15 nitrogen and oxygen atoms in total. The third kappa shape index (κ3) is 6.69. The van der Waals surface area contributed by atoms with Gasteiger partial charge in [-0.2, -0.15) is 18.3 Å². The predicted octanol–water partition coefficient (Wildman–Crippen LogP) is 3.37. The van der Waals surface area contributed by atoms with E-state index >= 15 is 0 Å². The van der Waals surface area contributed by atoms with E-state index < -0.39 is 41.3 Å². The van der Waals surface area contributed by atoms with Crippen LogP contribution in [0, 0.1) is 5.41 Å². The molecule has 0 radical (unpaired) electrons. The average Bonchev–Trinajstić information content (AvgIpc) is 3.69. The van der Waals surface area contributed by atoms with Crippen LogP contribution in [0.5, 0.6) is 0 Å². The fourth-order valence-electron chi connectivity index (χ4n) is 8.15. The van der Waals surface area contributed by atoms with Gasteiger partial charge in [0.25, 0.3) is 11.8 Å². The first-order chi connectivity index (χ1) is 26.7. The maximum absolute atomic E-state index is 13.4. The summed E-state index contributed by atoms with van der Waals surface area (Å²) in [7, 11) is 1.72. The topological polar surface area (TPSA) is 182 Å². The van der Waals surface area contributed by atoms with Gasteiger partial charge < -0.3 is 16.0 Å². The number of carbonyl (C=O) groups excluding carboxylic acids is 4. The van der Waals surface area contributed by atoms with Crippen LogP contribution in [-0.4, -0.2) is 78.6 Å². The van der Waals surface area contributed by atoms with E-state index in [-0.39, 0.29) is 41.2 Å². The van der Waals surface area contributed by atoms with E-state index in [9.17, 15) is 37.1 Å². The minimum Gasteiger partial charge on any atom is -0.370 e. The number of alkyl halides is 3. The predicted molar refractivity (Wildman–Crippen MR) is 197 cm³/mol. The number of aryl methyl sites for hydroxylation is 1. The van der Waals surface area contributed by atoms with Gasteiger partial charge in [-0.15, -0.1) is 0 Å². The Kier molecular flexibility index (Phi) is 9.02. The molecule has 0 aliphatic carbocycles. The molecule has 8 rings (SSSR count). The summed E-state index contributed by atoms with van der Waals surface area (Å²) >= 11 is 0. The van der Waals surface area contributed by atoms with Gasteiger partial charge in [-0.3, -0.25) is 38.5 Å². The number of carbonyl (C=O) groups is 4. The van der Waals surface area contributed by atoms with Crippen LogP contribution >= 0.6 is 0 Å². The molecule has 3 aliphatic rings. The smallest absolute Gasteiger partial charge is 0.370 e. The quantitative estimate of drug-likeness (QED) is 0.199. The largest absolute Gasteiger partial charge is 0.433 e. The highest BCUT2D eigenvalue weighted by molar-refractivity contribution is 6.07. The van der Waals surface area contributed by atoms with E-state index in [1.54, 1.807) is 11.6 Å². The second kappa shape index (κ2) is 13.8. The molecular weight excluding hydrogens is 733 g/mol. The molecule has 4 N–H and O–H groups in total. The lowest BCUT2D eigenvalue weighted by Crippen LogP contribution is -2.59. The number of aromatic nitrogens is 5. The number of imidazole rings is 1. The highest BCUT2D eigenvalue weighted by Crippen LogP contribution is 2.43. The van der Waals surface area contributed by atoms with Gasteiger partial charge in [0.05, 0.1) is 34.3 Å². The molecule has 18 heteroatoms. The fourth-order valence-corrected chi connectivity index (χ4v) is 8.15. The maximum Gasteiger partial charge on any atom is 0.433 e. The first-order valence-electron chi connectivity index (χ1n) is 18.0. The van der Waals surface area contributed by atoms with Crippen molar-refractivity contribution in [3.63, 3.8) is 0 Å². The Morgan fingerprint density at radius 2 is 1.71 bits per heavy atom. The van der Waals surface area contributed by atoms with Crippen molar-refractivity contribution in [2.45, 2.75) is 44.4 Å². The molecule has 56 heavy (non-hydrogen) atoms. The number of anilines is 2. The summed E-state index contributed by atoms with van der Waals surface area (Å²) in [6.07, 6.45) is -0.962. The number of nitrogens with one attached hydrogen (secondary N) is 2. The number of rotatable bonds is 8. The molecule has 6 heterocycles. The summed E-state index contributed by atoms with van der Waals surface area (Å²) in [5.41, 5.74) is 7.34. The third-order valence-corrected chi connectivity index (χ3v) is 11.0. The molecular formula is C38H37F3N10O5. The van der Waals surface area contributed by atoms with E-state index in [0.29, 0.717) is 11.2 Å². The summed E-state index contributed by atoms with van der Waals surface area (Å²) in [5.74, 6) is -2.68. The molecule has 2 aromatic carbocycles. The first-order valence-corrected chi connectivity index (χ1v) is 18.0. The molecule has 3 saturated heterocycles. The summed E-state index contributed by atoms with van der Waals surface area (Å²) in [5, 5.41) is 8.97. The van der Waals surface area contributed by atoms with Crippen LogP contribution in [0.25, 0.3) is 16.7 Å². The number of amides is 4. The van der Waals surface area contributed by atoms with E-state index in [0.717, 1.165) is 80.5 Å². The van der Waals surface area contributed by atoms with Crippen LogP contribution in [-0.2, 0) is 29.4 Å². The minimum atomic E-state index is -4.74. The number of likely N-dealkylation sites (tertiary alicyclic amines) is 1. The van der Waals surface area contributed by atoms with E-state index in [2.05, 4.69) is 30.5 Å². The van der Waals surface area contributed by atoms with E-state index in [1.807, 2.05) is 42.5 Å². The van der Waals surface area contributed by atoms with Crippen LogP contribution < -0.4 is 27.0 Å². The van der Waals surface area contributed by atoms with Crippen molar-refractivity contribution >= 4 is 46.0 Å². The Bertz CT molecular complexity index is 2450. The van der Waals surface area contributed by atoms with Gasteiger partial charge in [0.15, 0.2) is 5.69 Å². The highest BCUT2D eigenvalue weighted by atomic mass is 19.4. The van der Waals surface area contributed by atoms with Crippen molar-refractivity contribution in [1.82, 2.24) is 34.1 Å². The van der Waals surface area contributed by atoms with Gasteiger partial charge in [-0.1, -0.05) is 24.3 Å². The number of para-hydroxylation sites is 1. The number of nitrogens with zero attached hydrogens (tertiary/aromatic N) is 7. The number of hydrogen-bond acceptors (Lipinski definition) is 9. The number of imide groups is 1. The molecule has 1 unspecified atom stereocenters. The van der Waals surface area contributed by atoms with Crippen LogP contribution in [0.3, 0.4) is 0 Å². The van der Waals surface area contributed by atoms with Gasteiger partial charge in [0, 0.05) is 46.2 Å². The molecule has 3 fully saturated rings. The zero-order valence-electron chi connectivity index (χ0n) is 30.2. The molecule has 0 bridgehead atoms. The molecule has 3 aromatic heterocycles. The molecule has 290 valence electrons. The summed E-state index contributed by atoms with van der Waals surface area (Å²) in [4.78, 5) is 70.8. The van der Waals surface area contributed by atoms with E-state index in [1.165, 1.54) is 15.4 Å². The Morgan fingerprint density at radius 1 is 1.00 bits per heavy atom. The molecule has 0 saturated carbocycles. The standard InChI is InChI=1S/C38H37F3N10O5/c1-47-32-26(5-3-6-27(32)51(36(47)56)28-12-13-30(52)45-35(28)55)49-16-14-37(15-17-49)20-48(21-37)18-22-8-10-23(11-9-22)50-19-25(31(46-50)33(42)53)44-34(54)24-4-2-7-29(43-24)38(39,40)41/h2-11,19,28H,12-18,20-21H2,1H3,(H2,42,53)(H,44,54)(H,45,52,55). The van der Waals surface area contributed by atoms with Gasteiger partial charge >= 0.3 is 11.9 Å². The number of fused-ring (bicyclic) bond motifs is 1. The minimum absolute atomic E-state index is 0.0749. The van der Waals surface area contributed by atoms with Crippen molar-refractivity contribution in [2.24, 2.45) is 18.2 Å². The number of halogens is 3. The maximum atomic E-state index is 13.4. The first kappa shape index (κ1) is 36.7. The zero-order valence-corrected chi connectivity index (χ0v) is 30.2. The van der Waals surface area contributed by atoms with Crippen molar-refractivity contribution in [2.75, 3.05) is 36.4 Å². The van der Waals surface area contributed by atoms with Crippen LogP contribution in [0.2, 0.25) is 0 Å². The highest BCUT2D eigenvalue weighted by Gasteiger charge is 2.45. The second-order valence-corrected chi connectivity index (χ2v) is 14.7. The Hall–Kier alpha value is -6.30. The van der Waals surface area contributed by atoms with Crippen LogP contribution in [0.15, 0.2) is 71.7 Å². The third-order valence-electron chi connectivity index (χ3n) is 11.0. The monoisotopic (exact) mass is 770 g/mol. The van der Waals surface area contributed by atoms with Gasteiger partial charge in [0.1, 0.15) is 17.4 Å². The zero-order chi connectivity index (χ0) is 39.5. The van der Waals surface area contributed by atoms with Crippen molar-refractivity contribution in [3.8, 4) is 5.69 Å².